The molecule has 0 aliphatic rings. The number of aliphatic hydroxyl groups excluding tert-OH is 1. The van der Waals surface area contributed by atoms with Gasteiger partial charge in [-0.1, -0.05) is 63.3 Å². The quantitative estimate of drug-likeness (QED) is 0.730. The molecule has 2 unspecified atom stereocenters. The Kier molecular flexibility index (Phi) is 6.66. The fourth-order valence-electron chi connectivity index (χ4n) is 2.20. The van der Waals surface area contributed by atoms with Crippen molar-refractivity contribution in [2.45, 2.75) is 52.1 Å². The van der Waals surface area contributed by atoms with E-state index in [0.29, 0.717) is 17.9 Å². The van der Waals surface area contributed by atoms with Gasteiger partial charge in [0, 0.05) is 5.56 Å². The monoisotopic (exact) mass is 272 g/mol. The summed E-state index contributed by atoms with van der Waals surface area (Å²) in [7, 11) is 0. The van der Waals surface area contributed by atoms with E-state index in [1.54, 1.807) is 12.1 Å². The highest BCUT2D eigenvalue weighted by molar-refractivity contribution is 6.30. The van der Waals surface area contributed by atoms with Crippen molar-refractivity contribution < 1.29 is 9.50 Å². The minimum atomic E-state index is -0.759. The standard InChI is InChI=1S/C15H22ClFO/c1-3-5-7-11(4-2)10-14(18)12-8-6-9-13(16)15(12)17/h6,8-9,11,14,18H,3-5,7,10H2,1-2H3. The van der Waals surface area contributed by atoms with E-state index in [1.165, 1.54) is 6.07 Å². The summed E-state index contributed by atoms with van der Waals surface area (Å²) in [5.74, 6) is -0.0460. The summed E-state index contributed by atoms with van der Waals surface area (Å²) in [6.07, 6.45) is 4.26. The van der Waals surface area contributed by atoms with E-state index in [0.717, 1.165) is 25.7 Å². The fraction of sp³-hybridized carbons (Fsp3) is 0.600. The van der Waals surface area contributed by atoms with Gasteiger partial charge in [-0.3, -0.25) is 0 Å². The number of rotatable bonds is 7. The SMILES string of the molecule is CCCCC(CC)CC(O)c1cccc(Cl)c1F. The van der Waals surface area contributed by atoms with Crippen LogP contribution in [-0.2, 0) is 0 Å². The number of aliphatic hydroxyl groups is 1. The van der Waals surface area contributed by atoms with Gasteiger partial charge in [0.05, 0.1) is 11.1 Å². The highest BCUT2D eigenvalue weighted by atomic mass is 35.5. The van der Waals surface area contributed by atoms with Gasteiger partial charge in [-0.25, -0.2) is 4.39 Å². The second kappa shape index (κ2) is 7.75. The molecule has 0 radical (unpaired) electrons. The van der Waals surface area contributed by atoms with Gasteiger partial charge in [0.15, 0.2) is 0 Å². The first-order valence-electron chi connectivity index (χ1n) is 6.72. The van der Waals surface area contributed by atoms with Crippen LogP contribution in [0.25, 0.3) is 0 Å². The molecule has 0 aliphatic heterocycles. The van der Waals surface area contributed by atoms with E-state index >= 15 is 0 Å². The average molecular weight is 273 g/mol. The molecule has 1 aromatic rings. The smallest absolute Gasteiger partial charge is 0.147 e. The number of benzene rings is 1. The molecule has 0 saturated carbocycles. The molecule has 1 aromatic carbocycles. The van der Waals surface area contributed by atoms with Crippen molar-refractivity contribution in [3.05, 3.63) is 34.6 Å². The van der Waals surface area contributed by atoms with Crippen LogP contribution in [0.15, 0.2) is 18.2 Å². The molecule has 18 heavy (non-hydrogen) atoms. The molecule has 0 bridgehead atoms. The lowest BCUT2D eigenvalue weighted by Gasteiger charge is -2.19. The van der Waals surface area contributed by atoms with Crippen molar-refractivity contribution in [3.8, 4) is 0 Å². The van der Waals surface area contributed by atoms with Gasteiger partial charge in [-0.15, -0.1) is 0 Å². The summed E-state index contributed by atoms with van der Waals surface area (Å²) in [5.41, 5.74) is 0.317. The van der Waals surface area contributed by atoms with E-state index < -0.39 is 11.9 Å². The number of hydrogen-bond donors (Lipinski definition) is 1. The molecule has 0 spiro atoms. The predicted octanol–water partition coefficient (Wildman–Crippen LogP) is 5.12. The minimum Gasteiger partial charge on any atom is -0.388 e. The fourth-order valence-corrected chi connectivity index (χ4v) is 2.38. The summed E-state index contributed by atoms with van der Waals surface area (Å²) >= 11 is 5.73. The second-order valence-corrected chi connectivity index (χ2v) is 5.22. The van der Waals surface area contributed by atoms with Crippen LogP contribution >= 0.6 is 11.6 Å². The molecule has 0 aliphatic carbocycles. The molecule has 0 amide bonds. The van der Waals surface area contributed by atoms with Crippen LogP contribution in [0.2, 0.25) is 5.02 Å². The molecule has 1 N–H and O–H groups in total. The Balaban J connectivity index is 2.68. The molecule has 102 valence electrons. The third-order valence-electron chi connectivity index (χ3n) is 3.44. The van der Waals surface area contributed by atoms with Crippen molar-refractivity contribution in [1.29, 1.82) is 0 Å². The van der Waals surface area contributed by atoms with Crippen molar-refractivity contribution in [2.75, 3.05) is 0 Å². The average Bonchev–Trinajstić information content (AvgIpc) is 2.37. The lowest BCUT2D eigenvalue weighted by atomic mass is 9.90. The summed E-state index contributed by atoms with van der Waals surface area (Å²) in [6.45, 7) is 4.27. The van der Waals surface area contributed by atoms with E-state index in [9.17, 15) is 9.50 Å². The first kappa shape index (κ1) is 15.5. The molecule has 0 heterocycles. The van der Waals surface area contributed by atoms with Gasteiger partial charge in [0.2, 0.25) is 0 Å². The molecule has 1 rings (SSSR count). The number of hydrogen-bond acceptors (Lipinski definition) is 1. The van der Waals surface area contributed by atoms with E-state index in [4.69, 9.17) is 11.6 Å². The van der Waals surface area contributed by atoms with Crippen LogP contribution in [0, 0.1) is 11.7 Å². The van der Waals surface area contributed by atoms with E-state index in [1.807, 2.05) is 0 Å². The topological polar surface area (TPSA) is 20.2 Å². The summed E-state index contributed by atoms with van der Waals surface area (Å²) in [4.78, 5) is 0. The lowest BCUT2D eigenvalue weighted by molar-refractivity contribution is 0.135. The van der Waals surface area contributed by atoms with Crippen molar-refractivity contribution in [2.24, 2.45) is 5.92 Å². The Labute approximate surface area is 114 Å². The van der Waals surface area contributed by atoms with Gasteiger partial charge in [0.1, 0.15) is 5.82 Å². The van der Waals surface area contributed by atoms with Gasteiger partial charge in [0.25, 0.3) is 0 Å². The van der Waals surface area contributed by atoms with Gasteiger partial charge < -0.3 is 5.11 Å². The van der Waals surface area contributed by atoms with Crippen LogP contribution in [0.1, 0.15) is 57.6 Å². The Morgan fingerprint density at radius 3 is 2.67 bits per heavy atom. The van der Waals surface area contributed by atoms with Crippen LogP contribution in [-0.4, -0.2) is 5.11 Å². The van der Waals surface area contributed by atoms with Gasteiger partial charge in [-0.05, 0) is 18.4 Å². The maximum absolute atomic E-state index is 13.8. The summed E-state index contributed by atoms with van der Waals surface area (Å²) in [5, 5.41) is 10.2. The van der Waals surface area contributed by atoms with Crippen LogP contribution in [0.4, 0.5) is 4.39 Å². The highest BCUT2D eigenvalue weighted by Crippen LogP contribution is 2.30. The van der Waals surface area contributed by atoms with Crippen molar-refractivity contribution in [1.82, 2.24) is 0 Å². The van der Waals surface area contributed by atoms with Gasteiger partial charge in [-0.2, -0.15) is 0 Å². The lowest BCUT2D eigenvalue weighted by Crippen LogP contribution is -2.08. The third-order valence-corrected chi connectivity index (χ3v) is 3.73. The van der Waals surface area contributed by atoms with Crippen LogP contribution < -0.4 is 0 Å². The first-order chi connectivity index (χ1) is 8.60. The molecule has 1 nitrogen and oxygen atoms in total. The first-order valence-corrected chi connectivity index (χ1v) is 7.09. The zero-order chi connectivity index (χ0) is 13.5. The molecule has 3 heteroatoms. The molecule has 2 atom stereocenters. The maximum Gasteiger partial charge on any atom is 0.147 e. The highest BCUT2D eigenvalue weighted by Gasteiger charge is 2.18. The van der Waals surface area contributed by atoms with Crippen molar-refractivity contribution in [3.63, 3.8) is 0 Å². The van der Waals surface area contributed by atoms with E-state index in [-0.39, 0.29) is 5.02 Å². The molecular weight excluding hydrogens is 251 g/mol. The Morgan fingerprint density at radius 1 is 1.33 bits per heavy atom. The summed E-state index contributed by atoms with van der Waals surface area (Å²) in [6, 6.07) is 4.79. The largest absolute Gasteiger partial charge is 0.388 e. The Hall–Kier alpha value is -0.600. The predicted molar refractivity (Wildman–Crippen MR) is 74.3 cm³/mol. The molecule has 0 saturated heterocycles. The van der Waals surface area contributed by atoms with Crippen LogP contribution in [0.5, 0.6) is 0 Å². The zero-order valence-corrected chi connectivity index (χ0v) is 11.9. The Bertz CT molecular complexity index is 368. The van der Waals surface area contributed by atoms with E-state index in [2.05, 4.69) is 13.8 Å². The molecule has 0 fully saturated rings. The van der Waals surface area contributed by atoms with Gasteiger partial charge >= 0.3 is 0 Å². The Morgan fingerprint density at radius 2 is 2.06 bits per heavy atom. The number of halogens is 2. The maximum atomic E-state index is 13.8. The second-order valence-electron chi connectivity index (χ2n) is 4.81. The third kappa shape index (κ3) is 4.25. The zero-order valence-electron chi connectivity index (χ0n) is 11.1. The van der Waals surface area contributed by atoms with Crippen LogP contribution in [0.3, 0.4) is 0 Å². The number of unbranched alkanes of at least 4 members (excludes halogenated alkanes) is 1. The normalized spacial score (nSPS) is 14.5. The molecule has 0 aromatic heterocycles. The summed E-state index contributed by atoms with van der Waals surface area (Å²) < 4.78 is 13.8. The molecular formula is C15H22ClFO. The van der Waals surface area contributed by atoms with Crippen molar-refractivity contribution >= 4 is 11.6 Å². The minimum absolute atomic E-state index is 0.0770.